The van der Waals surface area contributed by atoms with E-state index in [9.17, 15) is 0 Å². The summed E-state index contributed by atoms with van der Waals surface area (Å²) in [5.41, 5.74) is 0. The SMILES string of the molecule is CO.CO.[CH2-]CCC1CCCC1.[CH3-].[Zr+2]. The van der Waals surface area contributed by atoms with Gasteiger partial charge >= 0.3 is 26.2 Å². The van der Waals surface area contributed by atoms with Crippen LogP contribution in [0.25, 0.3) is 0 Å². The molecule has 14 heavy (non-hydrogen) atoms. The Kier molecular flexibility index (Phi) is 40.6. The molecule has 1 aliphatic rings. The molecule has 1 saturated carbocycles. The van der Waals surface area contributed by atoms with Gasteiger partial charge in [-0.1, -0.05) is 32.1 Å². The molecule has 0 aliphatic heterocycles. The van der Waals surface area contributed by atoms with Crippen molar-refractivity contribution < 1.29 is 36.4 Å². The van der Waals surface area contributed by atoms with E-state index in [1.165, 1.54) is 32.1 Å². The third kappa shape index (κ3) is 15.3. The van der Waals surface area contributed by atoms with E-state index >= 15 is 0 Å². The predicted octanol–water partition coefficient (Wildman–Crippen LogP) is 2.46. The summed E-state index contributed by atoms with van der Waals surface area (Å²) in [5.74, 6) is 1.05. The summed E-state index contributed by atoms with van der Waals surface area (Å²) < 4.78 is 0. The topological polar surface area (TPSA) is 40.5 Å². The van der Waals surface area contributed by atoms with Gasteiger partial charge in [0.15, 0.2) is 0 Å². The molecular formula is C11H26O2Zr. The van der Waals surface area contributed by atoms with Gasteiger partial charge in [0, 0.05) is 14.2 Å². The molecule has 0 amide bonds. The minimum atomic E-state index is 0. The molecule has 2 nitrogen and oxygen atoms in total. The summed E-state index contributed by atoms with van der Waals surface area (Å²) in [6, 6.07) is 0. The van der Waals surface area contributed by atoms with Crippen LogP contribution in [0.5, 0.6) is 0 Å². The van der Waals surface area contributed by atoms with E-state index < -0.39 is 0 Å². The molecule has 0 spiro atoms. The fourth-order valence-electron chi connectivity index (χ4n) is 1.59. The van der Waals surface area contributed by atoms with Crippen molar-refractivity contribution in [2.75, 3.05) is 14.2 Å². The molecule has 0 saturated heterocycles. The normalized spacial score (nSPS) is 13.5. The second-order valence-electron chi connectivity index (χ2n) is 2.79. The quantitative estimate of drug-likeness (QED) is 0.763. The molecule has 1 fully saturated rings. The first-order valence-corrected chi connectivity index (χ1v) is 4.62. The van der Waals surface area contributed by atoms with Crippen molar-refractivity contribution in [3.05, 3.63) is 14.4 Å². The maximum atomic E-state index is 7.00. The van der Waals surface area contributed by atoms with Crippen LogP contribution in [0.1, 0.15) is 38.5 Å². The molecule has 3 heteroatoms. The van der Waals surface area contributed by atoms with Crippen molar-refractivity contribution in [3.8, 4) is 0 Å². The van der Waals surface area contributed by atoms with E-state index in [0.717, 1.165) is 26.6 Å². The van der Waals surface area contributed by atoms with Crippen LogP contribution < -0.4 is 0 Å². The molecule has 0 radical (unpaired) electrons. The second kappa shape index (κ2) is 23.5. The summed E-state index contributed by atoms with van der Waals surface area (Å²) in [6.45, 7) is 3.85. The summed E-state index contributed by atoms with van der Waals surface area (Å²) in [5, 5.41) is 14.0. The Bertz CT molecular complexity index is 64.3. The van der Waals surface area contributed by atoms with Crippen molar-refractivity contribution in [1.82, 2.24) is 0 Å². The van der Waals surface area contributed by atoms with Gasteiger partial charge in [0.1, 0.15) is 0 Å². The van der Waals surface area contributed by atoms with Gasteiger partial charge in [0.05, 0.1) is 0 Å². The fraction of sp³-hybridized carbons (Fsp3) is 0.818. The molecule has 1 rings (SSSR count). The Hall–Kier alpha value is 0.803. The van der Waals surface area contributed by atoms with E-state index in [4.69, 9.17) is 10.2 Å². The molecule has 0 aromatic carbocycles. The Morgan fingerprint density at radius 2 is 1.43 bits per heavy atom. The van der Waals surface area contributed by atoms with Gasteiger partial charge in [-0.05, 0) is 5.92 Å². The Morgan fingerprint density at radius 3 is 1.71 bits per heavy atom. The van der Waals surface area contributed by atoms with Crippen LogP contribution in [0.2, 0.25) is 0 Å². The molecule has 0 bridgehead atoms. The second-order valence-corrected chi connectivity index (χ2v) is 2.79. The molecule has 2 N–H and O–H groups in total. The maximum Gasteiger partial charge on any atom is 2.00 e. The molecule has 86 valence electrons. The van der Waals surface area contributed by atoms with Crippen molar-refractivity contribution >= 4 is 0 Å². The van der Waals surface area contributed by atoms with Crippen LogP contribution in [0, 0.1) is 20.3 Å². The number of hydrogen-bond acceptors (Lipinski definition) is 2. The van der Waals surface area contributed by atoms with Crippen LogP contribution in [0.4, 0.5) is 0 Å². The molecule has 0 atom stereocenters. The third-order valence-electron chi connectivity index (χ3n) is 2.09. The van der Waals surface area contributed by atoms with Gasteiger partial charge in [-0.2, -0.15) is 6.42 Å². The predicted molar refractivity (Wildman–Crippen MR) is 59.2 cm³/mol. The van der Waals surface area contributed by atoms with E-state index in [-0.39, 0.29) is 33.6 Å². The summed E-state index contributed by atoms with van der Waals surface area (Å²) in [4.78, 5) is 0. The van der Waals surface area contributed by atoms with Gasteiger partial charge in [-0.3, -0.25) is 0 Å². The van der Waals surface area contributed by atoms with Crippen LogP contribution in [-0.4, -0.2) is 24.4 Å². The average molecular weight is 282 g/mol. The van der Waals surface area contributed by atoms with Crippen molar-refractivity contribution in [2.45, 2.75) is 38.5 Å². The Balaban J connectivity index is -0.0000000750. The molecular weight excluding hydrogens is 255 g/mol. The van der Waals surface area contributed by atoms with Crippen molar-refractivity contribution in [2.24, 2.45) is 5.92 Å². The van der Waals surface area contributed by atoms with Gasteiger partial charge in [-0.15, -0.1) is 0 Å². The zero-order valence-electron chi connectivity index (χ0n) is 9.92. The van der Waals surface area contributed by atoms with Gasteiger partial charge in [0.25, 0.3) is 0 Å². The summed E-state index contributed by atoms with van der Waals surface area (Å²) in [6.07, 6.45) is 8.44. The molecule has 0 heterocycles. The van der Waals surface area contributed by atoms with E-state index in [1.54, 1.807) is 0 Å². The van der Waals surface area contributed by atoms with Crippen LogP contribution >= 0.6 is 0 Å². The summed E-state index contributed by atoms with van der Waals surface area (Å²) in [7, 11) is 2.00. The van der Waals surface area contributed by atoms with E-state index in [2.05, 4.69) is 6.92 Å². The van der Waals surface area contributed by atoms with Gasteiger partial charge in [0.2, 0.25) is 0 Å². The largest absolute Gasteiger partial charge is 2.00 e. The van der Waals surface area contributed by atoms with Crippen molar-refractivity contribution in [3.63, 3.8) is 0 Å². The van der Waals surface area contributed by atoms with E-state index in [0.29, 0.717) is 0 Å². The maximum absolute atomic E-state index is 7.00. The third-order valence-corrected chi connectivity index (χ3v) is 2.09. The number of aliphatic hydroxyl groups is 2. The zero-order valence-corrected chi connectivity index (χ0v) is 12.4. The average Bonchev–Trinajstić information content (AvgIpc) is 2.65. The minimum Gasteiger partial charge on any atom is -0.400 e. The smallest absolute Gasteiger partial charge is 0.400 e. The van der Waals surface area contributed by atoms with Crippen molar-refractivity contribution in [1.29, 1.82) is 0 Å². The minimum absolute atomic E-state index is 0. The zero-order chi connectivity index (χ0) is 9.82. The van der Waals surface area contributed by atoms with Crippen LogP contribution in [0.15, 0.2) is 0 Å². The van der Waals surface area contributed by atoms with Crippen LogP contribution in [0.3, 0.4) is 0 Å². The molecule has 0 aromatic rings. The number of hydrogen-bond donors (Lipinski definition) is 2. The Morgan fingerprint density at radius 1 is 1.07 bits per heavy atom. The standard InChI is InChI=1S/C8H15.2CH4O.CH3.Zr/c1-2-5-8-6-3-4-7-8;2*1-2;;/h8H,1-7H2;2*2H,1H3;1H3;/q-1;;;-1;+2. The first kappa shape index (κ1) is 24.2. The monoisotopic (exact) mass is 280 g/mol. The number of aliphatic hydroxyl groups excluding tert-OH is 2. The van der Waals surface area contributed by atoms with Gasteiger partial charge < -0.3 is 24.6 Å². The van der Waals surface area contributed by atoms with E-state index in [1.807, 2.05) is 0 Å². The summed E-state index contributed by atoms with van der Waals surface area (Å²) >= 11 is 0. The number of rotatable bonds is 2. The molecule has 0 aromatic heterocycles. The molecule has 1 aliphatic carbocycles. The first-order chi connectivity index (χ1) is 5.93. The van der Waals surface area contributed by atoms with Crippen LogP contribution in [-0.2, 0) is 26.2 Å². The van der Waals surface area contributed by atoms with Gasteiger partial charge in [-0.25, -0.2) is 0 Å². The first-order valence-electron chi connectivity index (χ1n) is 4.62. The molecule has 0 unspecified atom stereocenters. The Labute approximate surface area is 109 Å². The fourth-order valence-corrected chi connectivity index (χ4v) is 1.59.